The first-order valence-electron chi connectivity index (χ1n) is 7.27. The third-order valence-corrected chi connectivity index (χ3v) is 4.86. The van der Waals surface area contributed by atoms with Crippen LogP contribution in [0, 0.1) is 12.8 Å². The van der Waals surface area contributed by atoms with Crippen LogP contribution in [0.2, 0.25) is 10.0 Å². The molecule has 3 rings (SSSR count). The molecule has 0 bridgehead atoms. The number of nitrogens with zero attached hydrogens (tertiary/aromatic N) is 2. The Kier molecular flexibility index (Phi) is 4.41. The van der Waals surface area contributed by atoms with Gasteiger partial charge in [0.25, 0.3) is 0 Å². The van der Waals surface area contributed by atoms with Crippen LogP contribution in [0.15, 0.2) is 24.4 Å². The Labute approximate surface area is 139 Å². The second-order valence-electron chi connectivity index (χ2n) is 5.60. The molecule has 1 amide bonds. The summed E-state index contributed by atoms with van der Waals surface area (Å²) in [7, 11) is 0. The van der Waals surface area contributed by atoms with Crippen molar-refractivity contribution in [2.45, 2.75) is 32.9 Å². The van der Waals surface area contributed by atoms with E-state index in [0.717, 1.165) is 36.5 Å². The van der Waals surface area contributed by atoms with Crippen molar-refractivity contribution in [1.82, 2.24) is 14.9 Å². The van der Waals surface area contributed by atoms with Gasteiger partial charge in [0.05, 0.1) is 10.0 Å². The van der Waals surface area contributed by atoms with Crippen LogP contribution < -0.4 is 5.32 Å². The van der Waals surface area contributed by atoms with Crippen LogP contribution in [0.1, 0.15) is 23.5 Å². The van der Waals surface area contributed by atoms with E-state index in [4.69, 9.17) is 23.2 Å². The minimum atomic E-state index is 0.00590. The number of fused-ring (bicyclic) bond motifs is 1. The zero-order valence-electron chi connectivity index (χ0n) is 12.3. The summed E-state index contributed by atoms with van der Waals surface area (Å²) >= 11 is 11.9. The summed E-state index contributed by atoms with van der Waals surface area (Å²) in [6, 6.07) is 5.39. The van der Waals surface area contributed by atoms with Gasteiger partial charge in [-0.2, -0.15) is 0 Å². The van der Waals surface area contributed by atoms with Crippen molar-refractivity contribution in [2.24, 2.45) is 5.92 Å². The highest BCUT2D eigenvalue weighted by atomic mass is 35.5. The van der Waals surface area contributed by atoms with E-state index in [9.17, 15) is 4.79 Å². The molecule has 116 valence electrons. The van der Waals surface area contributed by atoms with Gasteiger partial charge in [0.2, 0.25) is 5.91 Å². The maximum Gasteiger partial charge on any atom is 0.223 e. The van der Waals surface area contributed by atoms with Gasteiger partial charge in [0.15, 0.2) is 0 Å². The molecule has 1 atom stereocenters. The number of carbonyl (C=O) groups is 1. The average molecular weight is 338 g/mol. The molecule has 2 aromatic rings. The number of halogens is 2. The summed E-state index contributed by atoms with van der Waals surface area (Å²) in [5, 5.41) is 4.01. The second kappa shape index (κ2) is 6.31. The molecule has 1 unspecified atom stereocenters. The Morgan fingerprint density at radius 3 is 3.00 bits per heavy atom. The largest absolute Gasteiger partial charge is 0.352 e. The number of benzene rings is 1. The summed E-state index contributed by atoms with van der Waals surface area (Å²) in [6.45, 7) is 3.31. The Morgan fingerprint density at radius 1 is 1.41 bits per heavy atom. The third-order valence-electron chi connectivity index (χ3n) is 4.12. The van der Waals surface area contributed by atoms with E-state index < -0.39 is 0 Å². The lowest BCUT2D eigenvalue weighted by Crippen LogP contribution is -2.35. The van der Waals surface area contributed by atoms with Crippen LogP contribution in [0.25, 0.3) is 0 Å². The Hall–Kier alpha value is -1.52. The minimum absolute atomic E-state index is 0.00590. The quantitative estimate of drug-likeness (QED) is 0.933. The third kappa shape index (κ3) is 3.13. The van der Waals surface area contributed by atoms with Crippen LogP contribution in [-0.4, -0.2) is 15.5 Å². The zero-order chi connectivity index (χ0) is 15.7. The molecule has 6 heteroatoms. The maximum absolute atomic E-state index is 12.3. The molecule has 0 spiro atoms. The highest BCUT2D eigenvalue weighted by Gasteiger charge is 2.25. The monoisotopic (exact) mass is 337 g/mol. The molecule has 1 aromatic carbocycles. The van der Waals surface area contributed by atoms with Crippen molar-refractivity contribution in [1.29, 1.82) is 0 Å². The van der Waals surface area contributed by atoms with E-state index in [2.05, 4.69) is 14.9 Å². The molecule has 1 N–H and O–H groups in total. The summed E-state index contributed by atoms with van der Waals surface area (Å²) in [5.74, 6) is 1.10. The summed E-state index contributed by atoms with van der Waals surface area (Å²) < 4.78 is 2.18. The molecule has 22 heavy (non-hydrogen) atoms. The van der Waals surface area contributed by atoms with E-state index >= 15 is 0 Å². The lowest BCUT2D eigenvalue weighted by Gasteiger charge is -2.23. The molecule has 4 nitrogen and oxygen atoms in total. The number of hydrogen-bond acceptors (Lipinski definition) is 2. The predicted molar refractivity (Wildman–Crippen MR) is 87.1 cm³/mol. The van der Waals surface area contributed by atoms with Crippen molar-refractivity contribution >= 4 is 29.1 Å². The van der Waals surface area contributed by atoms with E-state index in [1.54, 1.807) is 12.1 Å². The van der Waals surface area contributed by atoms with Gasteiger partial charge in [-0.3, -0.25) is 4.79 Å². The molecule has 0 radical (unpaired) electrons. The molecule has 1 aromatic heterocycles. The fourth-order valence-corrected chi connectivity index (χ4v) is 3.15. The highest BCUT2D eigenvalue weighted by Crippen LogP contribution is 2.24. The minimum Gasteiger partial charge on any atom is -0.352 e. The molecule has 1 aliphatic rings. The summed E-state index contributed by atoms with van der Waals surface area (Å²) in [5.41, 5.74) is 2.08. The van der Waals surface area contributed by atoms with Crippen molar-refractivity contribution in [3.8, 4) is 0 Å². The number of rotatable bonds is 3. The molecular weight excluding hydrogens is 321 g/mol. The topological polar surface area (TPSA) is 46.9 Å². The zero-order valence-corrected chi connectivity index (χ0v) is 13.8. The van der Waals surface area contributed by atoms with Crippen LogP contribution in [0.3, 0.4) is 0 Å². The van der Waals surface area contributed by atoms with Crippen LogP contribution in [-0.2, 0) is 24.3 Å². The normalized spacial score (nSPS) is 17.1. The lowest BCUT2D eigenvalue weighted by atomic mass is 9.95. The summed E-state index contributed by atoms with van der Waals surface area (Å²) in [6.07, 6.45) is 3.46. The van der Waals surface area contributed by atoms with Gasteiger partial charge < -0.3 is 9.88 Å². The van der Waals surface area contributed by atoms with Crippen molar-refractivity contribution in [3.63, 3.8) is 0 Å². The van der Waals surface area contributed by atoms with Gasteiger partial charge >= 0.3 is 0 Å². The Balaban J connectivity index is 1.60. The number of amides is 1. The van der Waals surface area contributed by atoms with Gasteiger partial charge in [0, 0.05) is 37.3 Å². The van der Waals surface area contributed by atoms with Crippen molar-refractivity contribution < 1.29 is 4.79 Å². The first-order valence-corrected chi connectivity index (χ1v) is 8.03. The van der Waals surface area contributed by atoms with Gasteiger partial charge in [0.1, 0.15) is 5.82 Å². The van der Waals surface area contributed by atoms with Gasteiger partial charge in [-0.05, 0) is 31.0 Å². The summed E-state index contributed by atoms with van der Waals surface area (Å²) in [4.78, 5) is 16.6. The first-order chi connectivity index (χ1) is 10.5. The Morgan fingerprint density at radius 2 is 2.23 bits per heavy atom. The van der Waals surface area contributed by atoms with Crippen LogP contribution >= 0.6 is 23.2 Å². The molecule has 1 aliphatic heterocycles. The standard InChI is InChI=1S/C16H17Cl2N3O/c1-10-19-9-13-7-12(4-5-21(10)13)16(22)20-8-11-2-3-14(17)15(18)6-11/h2-3,6,9,12H,4-5,7-8H2,1H3,(H,20,22). The van der Waals surface area contributed by atoms with Gasteiger partial charge in [-0.25, -0.2) is 4.98 Å². The molecule has 0 fully saturated rings. The smallest absolute Gasteiger partial charge is 0.223 e. The number of nitrogens with one attached hydrogen (secondary N) is 1. The fourth-order valence-electron chi connectivity index (χ4n) is 2.83. The molecule has 2 heterocycles. The number of carbonyl (C=O) groups excluding carboxylic acids is 1. The van der Waals surface area contributed by atoms with E-state index in [1.165, 1.54) is 0 Å². The Bertz CT molecular complexity index is 711. The van der Waals surface area contributed by atoms with E-state index in [-0.39, 0.29) is 11.8 Å². The SMILES string of the molecule is Cc1ncc2n1CCC(C(=O)NCc1ccc(Cl)c(Cl)c1)C2. The maximum atomic E-state index is 12.3. The number of aromatic nitrogens is 2. The second-order valence-corrected chi connectivity index (χ2v) is 6.42. The van der Waals surface area contributed by atoms with Crippen molar-refractivity contribution in [3.05, 3.63) is 51.5 Å². The number of aryl methyl sites for hydroxylation is 1. The van der Waals surface area contributed by atoms with Crippen LogP contribution in [0.4, 0.5) is 0 Å². The van der Waals surface area contributed by atoms with E-state index in [1.807, 2.05) is 19.2 Å². The first kappa shape index (κ1) is 15.4. The molecule has 0 saturated heterocycles. The molecule has 0 saturated carbocycles. The number of imidazole rings is 1. The number of hydrogen-bond donors (Lipinski definition) is 1. The van der Waals surface area contributed by atoms with Gasteiger partial charge in [-0.15, -0.1) is 0 Å². The highest BCUT2D eigenvalue weighted by molar-refractivity contribution is 6.42. The lowest BCUT2D eigenvalue weighted by molar-refractivity contribution is -0.125. The van der Waals surface area contributed by atoms with Gasteiger partial charge in [-0.1, -0.05) is 29.3 Å². The predicted octanol–water partition coefficient (Wildman–Crippen LogP) is 3.38. The fraction of sp³-hybridized carbons (Fsp3) is 0.375. The average Bonchev–Trinajstić information content (AvgIpc) is 2.89. The van der Waals surface area contributed by atoms with Crippen LogP contribution in [0.5, 0.6) is 0 Å². The molecular formula is C16H17Cl2N3O. The van der Waals surface area contributed by atoms with E-state index in [0.29, 0.717) is 16.6 Å². The molecule has 0 aliphatic carbocycles. The van der Waals surface area contributed by atoms with Crippen molar-refractivity contribution in [2.75, 3.05) is 0 Å².